The van der Waals surface area contributed by atoms with Crippen LogP contribution in [0, 0.1) is 6.92 Å². The molecule has 82 valence electrons. The molecule has 1 aliphatic heterocycles. The van der Waals surface area contributed by atoms with E-state index in [1.807, 2.05) is 0 Å². The summed E-state index contributed by atoms with van der Waals surface area (Å²) in [5.74, 6) is 0. The zero-order chi connectivity index (χ0) is 10.5. The van der Waals surface area contributed by atoms with Gasteiger partial charge >= 0.3 is 0 Å². The van der Waals surface area contributed by atoms with E-state index in [0.29, 0.717) is 6.10 Å². The molecule has 1 aliphatic rings. The number of rotatable bonds is 4. The molecule has 2 nitrogen and oxygen atoms in total. The standard InChI is InChI=1S/C13H19NO/c1-11-4-2-5-12(8-11)9-14-10-13-6-3-7-15-13/h2,4-5,8,13-14H,3,6-7,9-10H2,1H3/t13-/m1/s1. The lowest BCUT2D eigenvalue weighted by molar-refractivity contribution is 0.110. The van der Waals surface area contributed by atoms with Gasteiger partial charge in [-0.15, -0.1) is 0 Å². The van der Waals surface area contributed by atoms with Gasteiger partial charge in [0.05, 0.1) is 6.10 Å². The van der Waals surface area contributed by atoms with Crippen molar-refractivity contribution in [3.8, 4) is 0 Å². The maximum absolute atomic E-state index is 5.55. The molecule has 1 heterocycles. The number of ether oxygens (including phenoxy) is 1. The van der Waals surface area contributed by atoms with Crippen molar-refractivity contribution < 1.29 is 4.74 Å². The van der Waals surface area contributed by atoms with E-state index in [0.717, 1.165) is 19.7 Å². The van der Waals surface area contributed by atoms with Crippen molar-refractivity contribution in [1.29, 1.82) is 0 Å². The van der Waals surface area contributed by atoms with E-state index in [1.54, 1.807) is 0 Å². The normalized spacial score (nSPS) is 20.7. The van der Waals surface area contributed by atoms with Crippen LogP contribution in [-0.2, 0) is 11.3 Å². The molecule has 2 heteroatoms. The van der Waals surface area contributed by atoms with Gasteiger partial charge in [-0.2, -0.15) is 0 Å². The highest BCUT2D eigenvalue weighted by Gasteiger charge is 2.14. The van der Waals surface area contributed by atoms with E-state index < -0.39 is 0 Å². The van der Waals surface area contributed by atoms with Crippen LogP contribution in [0.25, 0.3) is 0 Å². The Bertz CT molecular complexity index is 305. The van der Waals surface area contributed by atoms with Crippen LogP contribution in [0.2, 0.25) is 0 Å². The lowest BCUT2D eigenvalue weighted by atomic mass is 10.1. The fraction of sp³-hybridized carbons (Fsp3) is 0.538. The minimum Gasteiger partial charge on any atom is -0.377 e. The summed E-state index contributed by atoms with van der Waals surface area (Å²) in [5, 5.41) is 3.45. The van der Waals surface area contributed by atoms with E-state index in [9.17, 15) is 0 Å². The van der Waals surface area contributed by atoms with Gasteiger partial charge in [-0.25, -0.2) is 0 Å². The number of nitrogens with one attached hydrogen (secondary N) is 1. The molecule has 1 atom stereocenters. The third-order valence-electron chi connectivity index (χ3n) is 2.81. The summed E-state index contributed by atoms with van der Waals surface area (Å²) in [6.07, 6.45) is 2.87. The van der Waals surface area contributed by atoms with E-state index in [2.05, 4.69) is 36.5 Å². The Morgan fingerprint density at radius 3 is 3.13 bits per heavy atom. The summed E-state index contributed by atoms with van der Waals surface area (Å²) in [5.41, 5.74) is 2.68. The number of hydrogen-bond donors (Lipinski definition) is 1. The van der Waals surface area contributed by atoms with Crippen LogP contribution in [0.5, 0.6) is 0 Å². The molecule has 2 rings (SSSR count). The molecule has 1 aromatic rings. The molecule has 0 saturated carbocycles. The average molecular weight is 205 g/mol. The van der Waals surface area contributed by atoms with Gasteiger partial charge in [0.25, 0.3) is 0 Å². The Labute approximate surface area is 91.6 Å². The molecule has 0 aliphatic carbocycles. The molecule has 0 radical (unpaired) electrons. The molecule has 15 heavy (non-hydrogen) atoms. The lowest BCUT2D eigenvalue weighted by Gasteiger charge is -2.10. The molecule has 0 spiro atoms. The SMILES string of the molecule is Cc1cccc(CNC[C@H]2CCCO2)c1. The summed E-state index contributed by atoms with van der Waals surface area (Å²) < 4.78 is 5.55. The summed E-state index contributed by atoms with van der Waals surface area (Å²) in [4.78, 5) is 0. The van der Waals surface area contributed by atoms with E-state index in [-0.39, 0.29) is 0 Å². The van der Waals surface area contributed by atoms with Crippen LogP contribution in [0.15, 0.2) is 24.3 Å². The van der Waals surface area contributed by atoms with Gasteiger partial charge in [-0.1, -0.05) is 29.8 Å². The maximum Gasteiger partial charge on any atom is 0.0700 e. The molecule has 1 N–H and O–H groups in total. The van der Waals surface area contributed by atoms with Gasteiger partial charge in [0.1, 0.15) is 0 Å². The largest absolute Gasteiger partial charge is 0.377 e. The van der Waals surface area contributed by atoms with E-state index >= 15 is 0 Å². The molecule has 0 aromatic heterocycles. The van der Waals surface area contributed by atoms with Gasteiger partial charge < -0.3 is 10.1 Å². The number of hydrogen-bond acceptors (Lipinski definition) is 2. The smallest absolute Gasteiger partial charge is 0.0700 e. The molecule has 1 fully saturated rings. The van der Waals surface area contributed by atoms with Crippen molar-refractivity contribution >= 4 is 0 Å². The van der Waals surface area contributed by atoms with Gasteiger partial charge in [-0.05, 0) is 25.3 Å². The third kappa shape index (κ3) is 3.33. The first-order chi connectivity index (χ1) is 7.34. The van der Waals surface area contributed by atoms with Crippen molar-refractivity contribution in [2.45, 2.75) is 32.4 Å². The highest BCUT2D eigenvalue weighted by atomic mass is 16.5. The van der Waals surface area contributed by atoms with Gasteiger partial charge in [0.2, 0.25) is 0 Å². The quantitative estimate of drug-likeness (QED) is 0.814. The van der Waals surface area contributed by atoms with Crippen molar-refractivity contribution in [3.63, 3.8) is 0 Å². The lowest BCUT2D eigenvalue weighted by Crippen LogP contribution is -2.25. The van der Waals surface area contributed by atoms with Gasteiger partial charge in [0.15, 0.2) is 0 Å². The van der Waals surface area contributed by atoms with Crippen LogP contribution in [0.3, 0.4) is 0 Å². The van der Waals surface area contributed by atoms with Crippen LogP contribution in [0.4, 0.5) is 0 Å². The number of aryl methyl sites for hydroxylation is 1. The summed E-state index contributed by atoms with van der Waals surface area (Å²) in [6, 6.07) is 8.63. The molecule has 1 aromatic carbocycles. The molecule has 1 saturated heterocycles. The van der Waals surface area contributed by atoms with Crippen LogP contribution >= 0.6 is 0 Å². The fourth-order valence-electron chi connectivity index (χ4n) is 2.00. The Balaban J connectivity index is 1.73. The summed E-state index contributed by atoms with van der Waals surface area (Å²) in [7, 11) is 0. The third-order valence-corrected chi connectivity index (χ3v) is 2.81. The zero-order valence-electron chi connectivity index (χ0n) is 9.33. The number of benzene rings is 1. The highest BCUT2D eigenvalue weighted by molar-refractivity contribution is 5.21. The van der Waals surface area contributed by atoms with Gasteiger partial charge in [-0.3, -0.25) is 0 Å². The summed E-state index contributed by atoms with van der Waals surface area (Å²) >= 11 is 0. The Hall–Kier alpha value is -0.860. The van der Waals surface area contributed by atoms with E-state index in [4.69, 9.17) is 4.74 Å². The highest BCUT2D eigenvalue weighted by Crippen LogP contribution is 2.11. The second-order valence-corrected chi connectivity index (χ2v) is 4.25. The van der Waals surface area contributed by atoms with Crippen molar-refractivity contribution in [2.75, 3.05) is 13.2 Å². The zero-order valence-corrected chi connectivity index (χ0v) is 9.33. The van der Waals surface area contributed by atoms with Crippen molar-refractivity contribution in [3.05, 3.63) is 35.4 Å². The maximum atomic E-state index is 5.55. The first-order valence-electron chi connectivity index (χ1n) is 5.72. The first-order valence-corrected chi connectivity index (χ1v) is 5.72. The second-order valence-electron chi connectivity index (χ2n) is 4.25. The van der Waals surface area contributed by atoms with Crippen LogP contribution < -0.4 is 5.32 Å². The first kappa shape index (κ1) is 10.7. The Kier molecular flexibility index (Phi) is 3.75. The van der Waals surface area contributed by atoms with Crippen molar-refractivity contribution in [1.82, 2.24) is 5.32 Å². The second kappa shape index (κ2) is 5.29. The monoisotopic (exact) mass is 205 g/mol. The average Bonchev–Trinajstić information content (AvgIpc) is 2.71. The molecule has 0 bridgehead atoms. The Morgan fingerprint density at radius 2 is 2.40 bits per heavy atom. The fourth-order valence-corrected chi connectivity index (χ4v) is 2.00. The minimum absolute atomic E-state index is 0.440. The van der Waals surface area contributed by atoms with Crippen LogP contribution in [0.1, 0.15) is 24.0 Å². The molecule has 0 unspecified atom stereocenters. The predicted octanol–water partition coefficient (Wildman–Crippen LogP) is 2.26. The van der Waals surface area contributed by atoms with Crippen molar-refractivity contribution in [2.24, 2.45) is 0 Å². The molecular formula is C13H19NO. The van der Waals surface area contributed by atoms with E-state index in [1.165, 1.54) is 24.0 Å². The van der Waals surface area contributed by atoms with Gasteiger partial charge in [0, 0.05) is 19.7 Å². The Morgan fingerprint density at radius 1 is 1.47 bits per heavy atom. The van der Waals surface area contributed by atoms with Crippen LogP contribution in [-0.4, -0.2) is 19.3 Å². The topological polar surface area (TPSA) is 21.3 Å². The molecule has 0 amide bonds. The molecular weight excluding hydrogens is 186 g/mol. The minimum atomic E-state index is 0.440. The summed E-state index contributed by atoms with van der Waals surface area (Å²) in [6.45, 7) is 5.00. The predicted molar refractivity (Wildman–Crippen MR) is 61.9 cm³/mol.